The predicted molar refractivity (Wildman–Crippen MR) is 61.5 cm³/mol. The molecule has 0 heterocycles. The Labute approximate surface area is 95.2 Å². The zero-order valence-electron chi connectivity index (χ0n) is 9.36. The average Bonchev–Trinajstić information content (AvgIpc) is 2.25. The maximum absolute atomic E-state index is 8.97. The average molecular weight is 236 g/mol. The van der Waals surface area contributed by atoms with Gasteiger partial charge in [0.1, 0.15) is 6.61 Å². The summed E-state index contributed by atoms with van der Waals surface area (Å²) < 4.78 is 0. The second-order valence-electron chi connectivity index (χ2n) is 3.05. The Balaban J connectivity index is 3.72. The molecule has 0 aliphatic heterocycles. The molecule has 0 aliphatic carbocycles. The van der Waals surface area contributed by atoms with Crippen LogP contribution in [-0.2, 0) is 9.78 Å². The number of thioether (sulfide) groups is 1. The van der Waals surface area contributed by atoms with E-state index >= 15 is 0 Å². The molecule has 0 fully saturated rings. The van der Waals surface area contributed by atoms with Gasteiger partial charge in [-0.2, -0.15) is 16.6 Å². The van der Waals surface area contributed by atoms with Crippen LogP contribution in [0, 0.1) is 0 Å². The molecule has 0 radical (unpaired) electrons. The van der Waals surface area contributed by atoms with Crippen molar-refractivity contribution in [2.75, 3.05) is 31.8 Å². The first-order chi connectivity index (χ1) is 7.26. The maximum atomic E-state index is 8.97. The molecule has 5 heteroatoms. The molecule has 0 aliphatic rings. The molecule has 0 saturated carbocycles. The van der Waals surface area contributed by atoms with Gasteiger partial charge in [-0.1, -0.05) is 0 Å². The molecule has 0 unspecified atom stereocenters. The van der Waals surface area contributed by atoms with Gasteiger partial charge >= 0.3 is 0 Å². The van der Waals surface area contributed by atoms with Crippen LogP contribution >= 0.6 is 11.8 Å². The van der Waals surface area contributed by atoms with E-state index in [2.05, 4.69) is 4.89 Å². The van der Waals surface area contributed by atoms with Crippen LogP contribution in [0.3, 0.4) is 0 Å². The number of hydrogen-bond acceptors (Lipinski definition) is 5. The largest absolute Gasteiger partial charge is 0.396 e. The molecule has 4 nitrogen and oxygen atoms in total. The van der Waals surface area contributed by atoms with E-state index in [0.717, 1.165) is 29.9 Å². The summed E-state index contributed by atoms with van der Waals surface area (Å²) in [6, 6.07) is 0. The van der Waals surface area contributed by atoms with Crippen molar-refractivity contribution in [3.8, 4) is 0 Å². The molecule has 2 N–H and O–H groups in total. The van der Waals surface area contributed by atoms with Gasteiger partial charge in [-0.15, -0.1) is 0 Å². The first-order valence-corrected chi connectivity index (χ1v) is 6.10. The van der Waals surface area contributed by atoms with Crippen LogP contribution in [0.2, 0.25) is 0 Å². The lowest BCUT2D eigenvalue weighted by molar-refractivity contribution is -0.243. The highest BCUT2D eigenvalue weighted by molar-refractivity contribution is 7.99. The van der Waals surface area contributed by atoms with Crippen LogP contribution in [-0.4, -0.2) is 42.0 Å². The van der Waals surface area contributed by atoms with Gasteiger partial charge in [-0.25, -0.2) is 0 Å². The molecule has 0 saturated heterocycles. The smallest absolute Gasteiger partial charge is 0.166 e. The van der Waals surface area contributed by atoms with Crippen molar-refractivity contribution >= 4 is 11.8 Å². The van der Waals surface area contributed by atoms with Crippen molar-refractivity contribution in [1.82, 2.24) is 0 Å². The zero-order valence-corrected chi connectivity index (χ0v) is 10.2. The van der Waals surface area contributed by atoms with Gasteiger partial charge in [0.25, 0.3) is 0 Å². The number of aliphatic hydroxyl groups is 2. The van der Waals surface area contributed by atoms with E-state index in [1.807, 2.05) is 6.92 Å². The van der Waals surface area contributed by atoms with Crippen LogP contribution in [0.5, 0.6) is 0 Å². The lowest BCUT2D eigenvalue weighted by Gasteiger charge is -2.08. The van der Waals surface area contributed by atoms with Gasteiger partial charge in [-0.05, 0) is 31.1 Å². The highest BCUT2D eigenvalue weighted by Crippen LogP contribution is 2.14. The number of rotatable bonds is 9. The summed E-state index contributed by atoms with van der Waals surface area (Å²) >= 11 is 1.72. The second-order valence-corrected chi connectivity index (χ2v) is 4.28. The van der Waals surface area contributed by atoms with E-state index in [-0.39, 0.29) is 13.2 Å². The molecule has 90 valence electrons. The highest BCUT2D eigenvalue weighted by Gasteiger charge is 2.03. The summed E-state index contributed by atoms with van der Waals surface area (Å²) in [5.41, 5.74) is 1.00. The van der Waals surface area contributed by atoms with Gasteiger partial charge in [0.05, 0.1) is 13.7 Å². The third-order valence-corrected chi connectivity index (χ3v) is 2.93. The third-order valence-electron chi connectivity index (χ3n) is 1.88. The number of allylic oxidation sites excluding steroid dienone is 1. The second kappa shape index (κ2) is 10.3. The Hall–Kier alpha value is -0.230. The fraction of sp³-hybridized carbons (Fsp3) is 0.800. The highest BCUT2D eigenvalue weighted by atomic mass is 32.2. The Morgan fingerprint density at radius 2 is 2.00 bits per heavy atom. The quantitative estimate of drug-likeness (QED) is 0.274. The van der Waals surface area contributed by atoms with E-state index in [1.165, 1.54) is 7.11 Å². The van der Waals surface area contributed by atoms with Crippen molar-refractivity contribution in [3.63, 3.8) is 0 Å². The molecular weight excluding hydrogens is 216 g/mol. The summed E-state index contributed by atoms with van der Waals surface area (Å²) in [5, 5.41) is 17.5. The van der Waals surface area contributed by atoms with Crippen molar-refractivity contribution in [2.45, 2.75) is 19.8 Å². The van der Waals surface area contributed by atoms with Crippen LogP contribution in [0.25, 0.3) is 0 Å². The maximum Gasteiger partial charge on any atom is 0.166 e. The van der Waals surface area contributed by atoms with E-state index in [1.54, 1.807) is 11.8 Å². The SMILES string of the molecule is COO/C(CO)=C(/C)CCCSCCO. The summed E-state index contributed by atoms with van der Waals surface area (Å²) in [6.45, 7) is 2.01. The van der Waals surface area contributed by atoms with Gasteiger partial charge in [0, 0.05) is 5.75 Å². The molecule has 15 heavy (non-hydrogen) atoms. The summed E-state index contributed by atoms with van der Waals surface area (Å²) in [6.07, 6.45) is 1.88. The number of aliphatic hydroxyl groups excluding tert-OH is 2. The molecule has 0 amide bonds. The van der Waals surface area contributed by atoms with Crippen LogP contribution in [0.1, 0.15) is 19.8 Å². The summed E-state index contributed by atoms with van der Waals surface area (Å²) in [4.78, 5) is 9.32. The van der Waals surface area contributed by atoms with E-state index in [4.69, 9.17) is 15.1 Å². The Morgan fingerprint density at radius 1 is 1.27 bits per heavy atom. The summed E-state index contributed by atoms with van der Waals surface area (Å²) in [7, 11) is 1.42. The first-order valence-electron chi connectivity index (χ1n) is 4.95. The minimum atomic E-state index is -0.135. The monoisotopic (exact) mass is 236 g/mol. The normalized spacial score (nSPS) is 12.5. The van der Waals surface area contributed by atoms with E-state index < -0.39 is 0 Å². The van der Waals surface area contributed by atoms with Crippen molar-refractivity contribution in [2.24, 2.45) is 0 Å². The standard InChI is InChI=1S/C10H20O4S/c1-9(10(8-12)14-13-2)4-3-6-15-7-5-11/h11-12H,3-8H2,1-2H3/b10-9-. The lowest BCUT2D eigenvalue weighted by atomic mass is 10.1. The van der Waals surface area contributed by atoms with Crippen LogP contribution < -0.4 is 0 Å². The Bertz CT molecular complexity index is 182. The molecule has 0 aromatic carbocycles. The minimum absolute atomic E-state index is 0.135. The molecule has 0 spiro atoms. The zero-order chi connectivity index (χ0) is 11.5. The molecule has 0 aromatic heterocycles. The minimum Gasteiger partial charge on any atom is -0.396 e. The summed E-state index contributed by atoms with van der Waals surface area (Å²) in [5.74, 6) is 2.28. The lowest BCUT2D eigenvalue weighted by Crippen LogP contribution is -2.00. The molecule has 0 atom stereocenters. The fourth-order valence-corrected chi connectivity index (χ4v) is 1.76. The fourth-order valence-electron chi connectivity index (χ4n) is 1.08. The molecule has 0 bridgehead atoms. The molecular formula is C10H20O4S. The Morgan fingerprint density at radius 3 is 2.53 bits per heavy atom. The Kier molecular flexibility index (Phi) is 10.1. The van der Waals surface area contributed by atoms with Gasteiger partial charge < -0.3 is 15.1 Å². The van der Waals surface area contributed by atoms with E-state index in [0.29, 0.717) is 5.76 Å². The van der Waals surface area contributed by atoms with Crippen molar-refractivity contribution < 1.29 is 20.0 Å². The molecule has 0 aromatic rings. The third kappa shape index (κ3) is 7.67. The molecule has 0 rings (SSSR count). The van der Waals surface area contributed by atoms with Gasteiger partial charge in [0.15, 0.2) is 5.76 Å². The topological polar surface area (TPSA) is 58.9 Å². The van der Waals surface area contributed by atoms with Crippen molar-refractivity contribution in [1.29, 1.82) is 0 Å². The number of hydrogen-bond donors (Lipinski definition) is 2. The van der Waals surface area contributed by atoms with E-state index in [9.17, 15) is 0 Å². The van der Waals surface area contributed by atoms with Crippen molar-refractivity contribution in [3.05, 3.63) is 11.3 Å². The van der Waals surface area contributed by atoms with Crippen LogP contribution in [0.4, 0.5) is 0 Å². The van der Waals surface area contributed by atoms with Gasteiger partial charge in [0.2, 0.25) is 0 Å². The first kappa shape index (κ1) is 14.8. The van der Waals surface area contributed by atoms with Crippen LogP contribution in [0.15, 0.2) is 11.3 Å². The predicted octanol–water partition coefficient (Wildman–Crippen LogP) is 1.34. The van der Waals surface area contributed by atoms with Gasteiger partial charge in [-0.3, -0.25) is 0 Å².